The molecule has 8 nitrogen and oxygen atoms in total. The maximum absolute atomic E-state index is 14.0. The Bertz CT molecular complexity index is 1360. The average Bonchev–Trinajstić information content (AvgIpc) is 2.91. The van der Waals surface area contributed by atoms with Crippen LogP contribution < -0.4 is 14.4 Å². The van der Waals surface area contributed by atoms with Gasteiger partial charge < -0.3 is 15.0 Å². The lowest BCUT2D eigenvalue weighted by Crippen LogP contribution is -2.53. The number of nitrogens with one attached hydrogen (secondary N) is 1. The van der Waals surface area contributed by atoms with E-state index in [1.54, 1.807) is 55.6 Å². The lowest BCUT2D eigenvalue weighted by molar-refractivity contribution is -0.140. The number of sulfonamides is 1. The van der Waals surface area contributed by atoms with Gasteiger partial charge in [0.1, 0.15) is 18.3 Å². The van der Waals surface area contributed by atoms with Crippen LogP contribution in [0.4, 0.5) is 5.69 Å². The predicted octanol–water partition coefficient (Wildman–Crippen LogP) is 4.53. The van der Waals surface area contributed by atoms with Gasteiger partial charge in [0.2, 0.25) is 11.8 Å². The first-order valence-corrected chi connectivity index (χ1v) is 14.4. The lowest BCUT2D eigenvalue weighted by Gasteiger charge is -2.33. The lowest BCUT2D eigenvalue weighted by atomic mass is 10.1. The van der Waals surface area contributed by atoms with Gasteiger partial charge >= 0.3 is 0 Å². The van der Waals surface area contributed by atoms with Crippen molar-refractivity contribution < 1.29 is 22.7 Å². The SMILES string of the molecule is CC[C@H](C(=O)NC(C)C)N(Cc1ccc(OC)cc1)C(=O)CN(c1cccc(C)c1)S(=O)(=O)c1ccccc1. The second-order valence-electron chi connectivity index (χ2n) is 9.62. The van der Waals surface area contributed by atoms with Gasteiger partial charge in [-0.25, -0.2) is 8.42 Å². The Labute approximate surface area is 231 Å². The molecule has 1 N–H and O–H groups in total. The summed E-state index contributed by atoms with van der Waals surface area (Å²) in [5, 5.41) is 2.90. The van der Waals surface area contributed by atoms with Crippen LogP contribution in [-0.4, -0.2) is 50.9 Å². The third kappa shape index (κ3) is 7.60. The largest absolute Gasteiger partial charge is 0.497 e. The molecule has 0 bridgehead atoms. The van der Waals surface area contributed by atoms with E-state index in [0.29, 0.717) is 17.9 Å². The molecule has 0 radical (unpaired) electrons. The number of carbonyl (C=O) groups excluding carboxylic acids is 2. The Morgan fingerprint density at radius 3 is 2.18 bits per heavy atom. The van der Waals surface area contributed by atoms with Crippen molar-refractivity contribution in [2.75, 3.05) is 18.0 Å². The van der Waals surface area contributed by atoms with E-state index in [0.717, 1.165) is 15.4 Å². The van der Waals surface area contributed by atoms with Crippen molar-refractivity contribution in [3.63, 3.8) is 0 Å². The second kappa shape index (κ2) is 13.3. The fourth-order valence-electron chi connectivity index (χ4n) is 4.26. The standard InChI is InChI=1S/C30H37N3O5S/c1-6-28(30(35)31-22(2)3)32(20-24-15-17-26(38-5)18-16-24)29(34)21-33(25-12-10-11-23(4)19-25)39(36,37)27-13-8-7-9-14-27/h7-19,22,28H,6,20-21H2,1-5H3,(H,31,35)/t28-/m1/s1. The van der Waals surface area contributed by atoms with Gasteiger partial charge in [-0.1, -0.05) is 49.4 Å². The van der Waals surface area contributed by atoms with Crippen LogP contribution in [0.15, 0.2) is 83.8 Å². The van der Waals surface area contributed by atoms with Gasteiger partial charge in [0, 0.05) is 12.6 Å². The molecule has 0 spiro atoms. The van der Waals surface area contributed by atoms with Crippen LogP contribution >= 0.6 is 0 Å². The first kappa shape index (κ1) is 29.7. The minimum absolute atomic E-state index is 0.0746. The average molecular weight is 552 g/mol. The topological polar surface area (TPSA) is 96.0 Å². The first-order chi connectivity index (χ1) is 18.6. The van der Waals surface area contributed by atoms with Crippen molar-refractivity contribution in [1.82, 2.24) is 10.2 Å². The smallest absolute Gasteiger partial charge is 0.264 e. The van der Waals surface area contributed by atoms with Gasteiger partial charge in [-0.05, 0) is 74.7 Å². The number of hydrogen-bond donors (Lipinski definition) is 1. The van der Waals surface area contributed by atoms with Crippen molar-refractivity contribution in [2.45, 2.75) is 57.6 Å². The fraction of sp³-hybridized carbons (Fsp3) is 0.333. The number of nitrogens with zero attached hydrogens (tertiary/aromatic N) is 2. The minimum atomic E-state index is -4.08. The van der Waals surface area contributed by atoms with E-state index in [-0.39, 0.29) is 23.4 Å². The van der Waals surface area contributed by atoms with E-state index < -0.39 is 28.5 Å². The number of benzene rings is 3. The zero-order valence-electron chi connectivity index (χ0n) is 23.1. The number of anilines is 1. The van der Waals surface area contributed by atoms with Crippen LogP contribution in [0.2, 0.25) is 0 Å². The van der Waals surface area contributed by atoms with E-state index in [2.05, 4.69) is 5.32 Å². The summed E-state index contributed by atoms with van der Waals surface area (Å²) < 4.78 is 34.0. The van der Waals surface area contributed by atoms with Crippen LogP contribution in [0.1, 0.15) is 38.3 Å². The second-order valence-corrected chi connectivity index (χ2v) is 11.5. The Morgan fingerprint density at radius 1 is 0.949 bits per heavy atom. The summed E-state index contributed by atoms with van der Waals surface area (Å²) in [5.41, 5.74) is 2.01. The van der Waals surface area contributed by atoms with Gasteiger partial charge in [-0.3, -0.25) is 13.9 Å². The van der Waals surface area contributed by atoms with Crippen molar-refractivity contribution in [3.8, 4) is 5.75 Å². The normalized spacial score (nSPS) is 12.1. The third-order valence-electron chi connectivity index (χ3n) is 6.23. The van der Waals surface area contributed by atoms with E-state index >= 15 is 0 Å². The number of ether oxygens (including phenoxy) is 1. The number of rotatable bonds is 12. The van der Waals surface area contributed by atoms with Crippen LogP contribution in [0.5, 0.6) is 5.75 Å². The summed E-state index contributed by atoms with van der Waals surface area (Å²) in [6, 6.07) is 21.3. The predicted molar refractivity (Wildman–Crippen MR) is 153 cm³/mol. The highest BCUT2D eigenvalue weighted by Gasteiger charge is 2.33. The van der Waals surface area contributed by atoms with Crippen molar-refractivity contribution in [2.24, 2.45) is 0 Å². The minimum Gasteiger partial charge on any atom is -0.497 e. The molecule has 208 valence electrons. The number of methoxy groups -OCH3 is 1. The molecule has 0 fully saturated rings. The van der Waals surface area contributed by atoms with Gasteiger partial charge in [0.25, 0.3) is 10.0 Å². The molecule has 3 aromatic carbocycles. The Balaban J connectivity index is 2.04. The molecular formula is C30H37N3O5S. The fourth-order valence-corrected chi connectivity index (χ4v) is 5.69. The molecule has 0 aromatic heterocycles. The summed E-state index contributed by atoms with van der Waals surface area (Å²) >= 11 is 0. The van der Waals surface area contributed by atoms with Crippen LogP contribution in [0, 0.1) is 6.92 Å². The molecule has 0 aliphatic heterocycles. The molecule has 0 aliphatic rings. The Hall–Kier alpha value is -3.85. The van der Waals surface area contributed by atoms with Crippen LogP contribution in [0.25, 0.3) is 0 Å². The molecule has 1 atom stereocenters. The zero-order chi connectivity index (χ0) is 28.6. The first-order valence-electron chi connectivity index (χ1n) is 12.9. The molecule has 3 aromatic rings. The Kier molecular flexibility index (Phi) is 10.1. The van der Waals surface area contributed by atoms with Crippen molar-refractivity contribution in [1.29, 1.82) is 0 Å². The summed E-state index contributed by atoms with van der Waals surface area (Å²) in [4.78, 5) is 28.7. The van der Waals surface area contributed by atoms with E-state index in [9.17, 15) is 18.0 Å². The highest BCUT2D eigenvalue weighted by atomic mass is 32.2. The molecule has 2 amide bonds. The van der Waals surface area contributed by atoms with Gasteiger partial charge in [0.15, 0.2) is 0 Å². The maximum Gasteiger partial charge on any atom is 0.264 e. The molecule has 9 heteroatoms. The van der Waals surface area contributed by atoms with Gasteiger partial charge in [0.05, 0.1) is 17.7 Å². The highest BCUT2D eigenvalue weighted by molar-refractivity contribution is 7.92. The molecule has 39 heavy (non-hydrogen) atoms. The summed E-state index contributed by atoms with van der Waals surface area (Å²) in [6.07, 6.45) is 0.357. The Morgan fingerprint density at radius 2 is 1.62 bits per heavy atom. The van der Waals surface area contributed by atoms with Crippen molar-refractivity contribution in [3.05, 3.63) is 90.0 Å². The van der Waals surface area contributed by atoms with Gasteiger partial charge in [-0.2, -0.15) is 0 Å². The number of amides is 2. The quantitative estimate of drug-likeness (QED) is 0.357. The van der Waals surface area contributed by atoms with E-state index in [4.69, 9.17) is 4.74 Å². The number of carbonyl (C=O) groups is 2. The summed E-state index contributed by atoms with van der Waals surface area (Å²) in [6.45, 7) is 7.05. The number of hydrogen-bond acceptors (Lipinski definition) is 5. The van der Waals surface area contributed by atoms with E-state index in [1.807, 2.05) is 45.9 Å². The molecule has 0 aliphatic carbocycles. The molecule has 0 heterocycles. The monoisotopic (exact) mass is 551 g/mol. The van der Waals surface area contributed by atoms with Crippen molar-refractivity contribution >= 4 is 27.5 Å². The molecule has 3 rings (SSSR count). The third-order valence-corrected chi connectivity index (χ3v) is 8.02. The molecule has 0 saturated heterocycles. The van der Waals surface area contributed by atoms with Crippen LogP contribution in [-0.2, 0) is 26.2 Å². The molecule has 0 unspecified atom stereocenters. The van der Waals surface area contributed by atoms with Crippen LogP contribution in [0.3, 0.4) is 0 Å². The summed E-state index contributed by atoms with van der Waals surface area (Å²) in [7, 11) is -2.51. The van der Waals surface area contributed by atoms with Gasteiger partial charge in [-0.15, -0.1) is 0 Å². The highest BCUT2D eigenvalue weighted by Crippen LogP contribution is 2.26. The number of aryl methyl sites for hydroxylation is 1. The van der Waals surface area contributed by atoms with E-state index in [1.165, 1.54) is 17.0 Å². The molecular weight excluding hydrogens is 514 g/mol. The summed E-state index contributed by atoms with van der Waals surface area (Å²) in [5.74, 6) is -0.110. The zero-order valence-corrected chi connectivity index (χ0v) is 23.9. The molecule has 0 saturated carbocycles. The maximum atomic E-state index is 14.0.